The number of halogens is 1. The molecule has 0 aliphatic heterocycles. The van der Waals surface area contributed by atoms with E-state index < -0.39 is 0 Å². The molecule has 0 aliphatic carbocycles. The number of aliphatic imine (C=N–C) groups is 1. The third-order valence-corrected chi connectivity index (χ3v) is 3.44. The minimum Gasteiger partial charge on any atom is -0.366 e. The molecule has 0 fully saturated rings. The van der Waals surface area contributed by atoms with Gasteiger partial charge in [-0.05, 0) is 29.5 Å². The molecule has 1 aromatic rings. The van der Waals surface area contributed by atoms with Crippen LogP contribution in [-0.2, 0) is 14.1 Å². The minimum absolute atomic E-state index is 0.320. The monoisotopic (exact) mass is 350 g/mol. The van der Waals surface area contributed by atoms with Crippen molar-refractivity contribution < 1.29 is 0 Å². The van der Waals surface area contributed by atoms with Gasteiger partial charge < -0.3 is 4.90 Å². The van der Waals surface area contributed by atoms with E-state index in [0.717, 1.165) is 10.4 Å². The summed E-state index contributed by atoms with van der Waals surface area (Å²) < 4.78 is 2.88. The molecule has 7 heteroatoms. The van der Waals surface area contributed by atoms with Gasteiger partial charge in [-0.1, -0.05) is 0 Å². The van der Waals surface area contributed by atoms with Crippen molar-refractivity contribution in [3.8, 4) is 0 Å². The van der Waals surface area contributed by atoms with Gasteiger partial charge in [0.05, 0.1) is 0 Å². The molecule has 17 heavy (non-hydrogen) atoms. The number of hydrogen-bond acceptors (Lipinski definition) is 3. The molecule has 1 heterocycles. The highest BCUT2D eigenvalue weighted by Crippen LogP contribution is 2.15. The molecule has 0 unspecified atom stereocenters. The van der Waals surface area contributed by atoms with Crippen LogP contribution < -0.4 is 11.2 Å². The summed E-state index contributed by atoms with van der Waals surface area (Å²) in [5, 5.41) is 0. The maximum atomic E-state index is 11.8. The van der Waals surface area contributed by atoms with Crippen molar-refractivity contribution >= 4 is 34.2 Å². The Bertz CT molecular complexity index is 546. The highest BCUT2D eigenvalue weighted by Gasteiger charge is 2.12. The number of aromatic nitrogens is 2. The fraction of sp³-hybridized carbons (Fsp3) is 0.500. The smallest absolute Gasteiger partial charge is 0.332 e. The van der Waals surface area contributed by atoms with Gasteiger partial charge in [0.15, 0.2) is 5.82 Å². The number of amidine groups is 1. The van der Waals surface area contributed by atoms with Crippen molar-refractivity contribution in [1.82, 2.24) is 14.0 Å². The van der Waals surface area contributed by atoms with Crippen LogP contribution in [0.25, 0.3) is 0 Å². The molecule has 94 valence electrons. The maximum Gasteiger partial charge on any atom is 0.332 e. The van der Waals surface area contributed by atoms with E-state index in [2.05, 4.69) is 4.99 Å². The second kappa shape index (κ2) is 5.03. The number of nitrogens with zero attached hydrogens (tertiary/aromatic N) is 4. The Morgan fingerprint density at radius 2 is 1.76 bits per heavy atom. The Hall–Kier alpha value is -1.12. The normalized spacial score (nSPS) is 11.8. The van der Waals surface area contributed by atoms with E-state index in [1.165, 1.54) is 11.6 Å². The van der Waals surface area contributed by atoms with E-state index in [4.69, 9.17) is 0 Å². The highest BCUT2D eigenvalue weighted by atomic mass is 127. The van der Waals surface area contributed by atoms with E-state index in [-0.39, 0.29) is 11.2 Å². The van der Waals surface area contributed by atoms with Crippen LogP contribution in [0.15, 0.2) is 14.6 Å². The van der Waals surface area contributed by atoms with Crippen molar-refractivity contribution in [2.45, 2.75) is 6.92 Å². The summed E-state index contributed by atoms with van der Waals surface area (Å²) >= 11 is 1.91. The first-order valence-electron chi connectivity index (χ1n) is 4.95. The molecule has 1 rings (SSSR count). The standard InChI is InChI=1S/C10H15IN4O2/c1-6(13(2)3)12-8-7(11)9(16)15(5)10(17)14(8)4/h1-5H3/b12-6+. The zero-order valence-electron chi connectivity index (χ0n) is 10.5. The number of hydrogen-bond donors (Lipinski definition) is 0. The molecule has 0 N–H and O–H groups in total. The Kier molecular flexibility index (Phi) is 4.12. The summed E-state index contributed by atoms with van der Waals surface area (Å²) in [6.45, 7) is 1.82. The van der Waals surface area contributed by atoms with E-state index in [1.807, 2.05) is 48.5 Å². The van der Waals surface area contributed by atoms with Crippen molar-refractivity contribution in [2.24, 2.45) is 19.1 Å². The summed E-state index contributed by atoms with van der Waals surface area (Å²) in [6.07, 6.45) is 0. The lowest BCUT2D eigenvalue weighted by molar-refractivity contribution is 0.615. The molecular weight excluding hydrogens is 335 g/mol. The Labute approximate surface area is 113 Å². The lowest BCUT2D eigenvalue weighted by atomic mass is 10.5. The molecule has 0 saturated heterocycles. The lowest BCUT2D eigenvalue weighted by Crippen LogP contribution is -2.38. The molecule has 1 aromatic heterocycles. The Morgan fingerprint density at radius 1 is 1.24 bits per heavy atom. The quantitative estimate of drug-likeness (QED) is 0.416. The fourth-order valence-electron chi connectivity index (χ4n) is 1.17. The second-order valence-electron chi connectivity index (χ2n) is 3.90. The average molecular weight is 350 g/mol. The predicted octanol–water partition coefficient (Wildman–Crippen LogP) is 0.300. The Morgan fingerprint density at radius 3 is 2.24 bits per heavy atom. The van der Waals surface area contributed by atoms with Crippen LogP contribution >= 0.6 is 22.6 Å². The van der Waals surface area contributed by atoms with Gasteiger partial charge in [0.1, 0.15) is 9.41 Å². The molecule has 0 amide bonds. The molecule has 0 spiro atoms. The van der Waals surface area contributed by atoms with Crippen LogP contribution in [-0.4, -0.2) is 34.0 Å². The van der Waals surface area contributed by atoms with Gasteiger partial charge in [-0.2, -0.15) is 0 Å². The third kappa shape index (κ3) is 2.59. The van der Waals surface area contributed by atoms with Gasteiger partial charge in [-0.15, -0.1) is 0 Å². The SMILES string of the molecule is C/C(=N\c1c(I)c(=O)n(C)c(=O)n1C)N(C)C. The molecule has 0 bridgehead atoms. The van der Waals surface area contributed by atoms with E-state index >= 15 is 0 Å². The molecular formula is C10H15IN4O2. The zero-order chi connectivity index (χ0) is 13.3. The van der Waals surface area contributed by atoms with Crippen molar-refractivity contribution in [3.63, 3.8) is 0 Å². The number of rotatable bonds is 1. The van der Waals surface area contributed by atoms with Crippen LogP contribution in [0.4, 0.5) is 5.82 Å². The summed E-state index contributed by atoms with van der Waals surface area (Å²) in [7, 11) is 6.76. The first kappa shape index (κ1) is 13.9. The lowest BCUT2D eigenvalue weighted by Gasteiger charge is -2.13. The van der Waals surface area contributed by atoms with Gasteiger partial charge in [-0.25, -0.2) is 9.79 Å². The maximum absolute atomic E-state index is 11.8. The van der Waals surface area contributed by atoms with Crippen LogP contribution in [0, 0.1) is 3.57 Å². The van der Waals surface area contributed by atoms with Crippen molar-refractivity contribution in [2.75, 3.05) is 14.1 Å². The van der Waals surface area contributed by atoms with Gasteiger partial charge in [0.25, 0.3) is 5.56 Å². The zero-order valence-corrected chi connectivity index (χ0v) is 12.6. The van der Waals surface area contributed by atoms with E-state index in [0.29, 0.717) is 9.39 Å². The fourth-order valence-corrected chi connectivity index (χ4v) is 2.01. The van der Waals surface area contributed by atoms with Crippen LogP contribution in [0.2, 0.25) is 0 Å². The van der Waals surface area contributed by atoms with Gasteiger partial charge in [0, 0.05) is 28.2 Å². The van der Waals surface area contributed by atoms with E-state index in [1.54, 1.807) is 7.05 Å². The molecule has 6 nitrogen and oxygen atoms in total. The molecule has 0 atom stereocenters. The molecule has 0 aromatic carbocycles. The first-order chi connectivity index (χ1) is 7.77. The summed E-state index contributed by atoms with van der Waals surface area (Å²) in [4.78, 5) is 29.6. The summed E-state index contributed by atoms with van der Waals surface area (Å²) in [6, 6.07) is 0. The van der Waals surface area contributed by atoms with Crippen molar-refractivity contribution in [1.29, 1.82) is 0 Å². The summed E-state index contributed by atoms with van der Waals surface area (Å²) in [5.41, 5.74) is -0.695. The molecule has 0 saturated carbocycles. The Balaban J connectivity index is 3.62. The highest BCUT2D eigenvalue weighted by molar-refractivity contribution is 14.1. The van der Waals surface area contributed by atoms with Crippen LogP contribution in [0.3, 0.4) is 0 Å². The van der Waals surface area contributed by atoms with Gasteiger partial charge >= 0.3 is 5.69 Å². The second-order valence-corrected chi connectivity index (χ2v) is 4.98. The summed E-state index contributed by atoms with van der Waals surface area (Å²) in [5.74, 6) is 1.12. The first-order valence-corrected chi connectivity index (χ1v) is 6.03. The van der Waals surface area contributed by atoms with Crippen molar-refractivity contribution in [3.05, 3.63) is 24.4 Å². The molecule has 0 aliphatic rings. The molecule has 0 radical (unpaired) electrons. The largest absolute Gasteiger partial charge is 0.366 e. The predicted molar refractivity (Wildman–Crippen MR) is 76.1 cm³/mol. The topological polar surface area (TPSA) is 59.6 Å². The van der Waals surface area contributed by atoms with Crippen LogP contribution in [0.1, 0.15) is 6.92 Å². The van der Waals surface area contributed by atoms with Crippen LogP contribution in [0.5, 0.6) is 0 Å². The minimum atomic E-state index is -0.374. The van der Waals surface area contributed by atoms with Gasteiger partial charge in [-0.3, -0.25) is 13.9 Å². The third-order valence-electron chi connectivity index (χ3n) is 2.50. The van der Waals surface area contributed by atoms with Gasteiger partial charge in [0.2, 0.25) is 0 Å². The van der Waals surface area contributed by atoms with E-state index in [9.17, 15) is 9.59 Å². The average Bonchev–Trinajstić information content (AvgIpc) is 2.29.